The minimum Gasteiger partial charge on any atom is -0.384 e. The number of aryl methyl sites for hydroxylation is 2. The molecule has 2 rings (SSSR count). The van der Waals surface area contributed by atoms with E-state index in [1.54, 1.807) is 6.07 Å². The van der Waals surface area contributed by atoms with Crippen LogP contribution in [0.15, 0.2) is 24.3 Å². The predicted molar refractivity (Wildman–Crippen MR) is 77.6 cm³/mol. The Morgan fingerprint density at radius 1 is 1.05 bits per heavy atom. The molecular weight excluding hydrogens is 260 g/mol. The van der Waals surface area contributed by atoms with Gasteiger partial charge in [0.1, 0.15) is 0 Å². The van der Waals surface area contributed by atoms with Gasteiger partial charge in [-0.3, -0.25) is 0 Å². The fourth-order valence-corrected chi connectivity index (χ4v) is 2.60. The van der Waals surface area contributed by atoms with Crippen LogP contribution >= 0.6 is 0 Å². The Bertz CT molecular complexity index is 649. The summed E-state index contributed by atoms with van der Waals surface area (Å²) in [6, 6.07) is 8.00. The monoisotopic (exact) mass is 278 g/mol. The van der Waals surface area contributed by atoms with Crippen molar-refractivity contribution in [2.75, 3.05) is 0 Å². The molecule has 0 spiro atoms. The Morgan fingerprint density at radius 3 is 2.32 bits per heavy atom. The lowest BCUT2D eigenvalue weighted by atomic mass is 10.0. The van der Waals surface area contributed by atoms with Crippen LogP contribution in [0.3, 0.4) is 0 Å². The Balaban J connectivity index is 2.70. The van der Waals surface area contributed by atoms with E-state index in [0.717, 1.165) is 22.3 Å². The van der Waals surface area contributed by atoms with Crippen molar-refractivity contribution in [1.29, 1.82) is 0 Å². The molecule has 0 aromatic carbocycles. The maximum atomic E-state index is 10.8. The zero-order valence-electron chi connectivity index (χ0n) is 11.6. The topological polar surface area (TPSA) is 43.4 Å². The first-order valence-electron chi connectivity index (χ1n) is 6.26. The van der Waals surface area contributed by atoms with E-state index < -0.39 is 11.0 Å². The molecule has 0 heterocycles. The second-order valence-corrected chi connectivity index (χ2v) is 5.74. The van der Waals surface area contributed by atoms with E-state index in [2.05, 4.69) is 26.0 Å². The smallest absolute Gasteiger partial charge is 0.299 e. The van der Waals surface area contributed by atoms with E-state index in [1.807, 2.05) is 19.9 Å². The van der Waals surface area contributed by atoms with E-state index in [-0.39, 0.29) is 0 Å². The SMILES string of the molecule is Cc1cc(O[SH](=O)=O)c2c(C)ccc(C(C)C)cc1-2. The molecule has 0 fully saturated rings. The van der Waals surface area contributed by atoms with Gasteiger partial charge in [0.15, 0.2) is 5.75 Å². The molecule has 2 aliphatic rings. The maximum absolute atomic E-state index is 10.8. The van der Waals surface area contributed by atoms with Crippen molar-refractivity contribution in [3.8, 4) is 16.9 Å². The molecular formula is C15H18O3S. The molecule has 0 aromatic rings. The number of thiol groups is 1. The fraction of sp³-hybridized carbons (Fsp3) is 0.333. The van der Waals surface area contributed by atoms with E-state index in [1.165, 1.54) is 5.56 Å². The third-order valence-corrected chi connectivity index (χ3v) is 3.70. The molecule has 2 aliphatic carbocycles. The summed E-state index contributed by atoms with van der Waals surface area (Å²) < 4.78 is 26.5. The second-order valence-electron chi connectivity index (χ2n) is 5.11. The molecule has 3 nitrogen and oxygen atoms in total. The van der Waals surface area contributed by atoms with Crippen molar-refractivity contribution in [3.63, 3.8) is 0 Å². The van der Waals surface area contributed by atoms with Gasteiger partial charge in [0.25, 0.3) is 11.0 Å². The summed E-state index contributed by atoms with van der Waals surface area (Å²) in [4.78, 5) is 0. The third-order valence-electron chi connectivity index (χ3n) is 3.36. The van der Waals surface area contributed by atoms with Gasteiger partial charge in [-0.1, -0.05) is 32.0 Å². The fourth-order valence-electron chi connectivity index (χ4n) is 2.30. The van der Waals surface area contributed by atoms with Gasteiger partial charge in [-0.15, -0.1) is 0 Å². The van der Waals surface area contributed by atoms with Crippen molar-refractivity contribution in [2.24, 2.45) is 0 Å². The molecule has 0 saturated carbocycles. The van der Waals surface area contributed by atoms with Crippen LogP contribution in [-0.4, -0.2) is 8.42 Å². The zero-order valence-corrected chi connectivity index (χ0v) is 12.5. The third kappa shape index (κ3) is 2.73. The van der Waals surface area contributed by atoms with Crippen LogP contribution in [-0.2, 0) is 11.0 Å². The van der Waals surface area contributed by atoms with Crippen LogP contribution in [0.1, 0.15) is 36.5 Å². The summed E-state index contributed by atoms with van der Waals surface area (Å²) in [6.07, 6.45) is 0. The van der Waals surface area contributed by atoms with Gasteiger partial charge in [-0.2, -0.15) is 8.42 Å². The molecule has 0 aliphatic heterocycles. The molecule has 0 N–H and O–H groups in total. The van der Waals surface area contributed by atoms with E-state index in [9.17, 15) is 8.42 Å². The van der Waals surface area contributed by atoms with E-state index in [0.29, 0.717) is 11.7 Å². The van der Waals surface area contributed by atoms with Gasteiger partial charge in [0.2, 0.25) is 0 Å². The summed E-state index contributed by atoms with van der Waals surface area (Å²) in [5.74, 6) is 0.844. The first kappa shape index (κ1) is 13.9. The molecule has 0 amide bonds. The molecule has 4 heteroatoms. The van der Waals surface area contributed by atoms with E-state index >= 15 is 0 Å². The molecule has 0 radical (unpaired) electrons. The largest absolute Gasteiger partial charge is 0.384 e. The Morgan fingerprint density at radius 2 is 1.74 bits per heavy atom. The van der Waals surface area contributed by atoms with Crippen LogP contribution in [0.5, 0.6) is 5.75 Å². The molecule has 0 bridgehead atoms. The van der Waals surface area contributed by atoms with Gasteiger partial charge in [-0.05, 0) is 48.1 Å². The van der Waals surface area contributed by atoms with Crippen molar-refractivity contribution in [1.82, 2.24) is 0 Å². The van der Waals surface area contributed by atoms with Crippen LogP contribution < -0.4 is 4.18 Å². The Kier molecular flexibility index (Phi) is 3.80. The molecule has 0 saturated heterocycles. The summed E-state index contributed by atoms with van der Waals surface area (Å²) in [5, 5.41) is 0. The second kappa shape index (κ2) is 5.21. The van der Waals surface area contributed by atoms with Crippen molar-refractivity contribution < 1.29 is 12.6 Å². The quantitative estimate of drug-likeness (QED) is 0.875. The lowest BCUT2D eigenvalue weighted by Gasteiger charge is -2.04. The number of hydrogen-bond acceptors (Lipinski definition) is 3. The Hall–Kier alpha value is -1.55. The predicted octanol–water partition coefficient (Wildman–Crippen LogP) is 3.44. The normalized spacial score (nSPS) is 11.5. The first-order valence-corrected chi connectivity index (χ1v) is 7.36. The van der Waals surface area contributed by atoms with Gasteiger partial charge in [0, 0.05) is 5.56 Å². The number of hydrogen-bond donors (Lipinski definition) is 1. The molecule has 0 aromatic heterocycles. The van der Waals surface area contributed by atoms with Crippen molar-refractivity contribution in [3.05, 3.63) is 41.0 Å². The molecule has 102 valence electrons. The van der Waals surface area contributed by atoms with Crippen molar-refractivity contribution in [2.45, 2.75) is 33.6 Å². The Labute approximate surface area is 115 Å². The number of fused-ring (bicyclic) bond motifs is 1. The van der Waals surface area contributed by atoms with Gasteiger partial charge in [0.05, 0.1) is 0 Å². The maximum Gasteiger partial charge on any atom is 0.299 e. The zero-order chi connectivity index (χ0) is 14.2. The summed E-state index contributed by atoms with van der Waals surface area (Å²) in [5.41, 5.74) is 5.21. The van der Waals surface area contributed by atoms with Gasteiger partial charge < -0.3 is 4.18 Å². The lowest BCUT2D eigenvalue weighted by molar-refractivity contribution is 0.512. The summed E-state index contributed by atoms with van der Waals surface area (Å²) >= 11 is 0. The van der Waals surface area contributed by atoms with Crippen LogP contribution in [0.2, 0.25) is 0 Å². The highest BCUT2D eigenvalue weighted by Crippen LogP contribution is 2.40. The molecule has 0 unspecified atom stereocenters. The molecule has 0 atom stereocenters. The van der Waals surface area contributed by atoms with E-state index in [4.69, 9.17) is 4.18 Å². The highest BCUT2D eigenvalue weighted by atomic mass is 32.2. The number of rotatable bonds is 3. The summed E-state index contributed by atoms with van der Waals surface area (Å²) in [6.45, 7) is 8.22. The highest BCUT2D eigenvalue weighted by Gasteiger charge is 2.18. The highest BCUT2D eigenvalue weighted by molar-refractivity contribution is 7.67. The average molecular weight is 278 g/mol. The van der Waals surface area contributed by atoms with Crippen molar-refractivity contribution >= 4 is 11.0 Å². The van der Waals surface area contributed by atoms with Crippen LogP contribution in [0.25, 0.3) is 11.1 Å². The van der Waals surface area contributed by atoms with Gasteiger partial charge >= 0.3 is 0 Å². The average Bonchev–Trinajstić information content (AvgIpc) is 2.49. The first-order chi connectivity index (χ1) is 8.90. The standard InChI is InChI=1S/C15H18O3S/c1-9(2)12-6-5-10(3)15-13(8-12)11(4)7-14(15)18-19(16)17/h5-9,19H,1-4H3. The lowest BCUT2D eigenvalue weighted by Crippen LogP contribution is -1.90. The minimum atomic E-state index is -2.89. The van der Waals surface area contributed by atoms with Gasteiger partial charge in [-0.25, -0.2) is 0 Å². The summed E-state index contributed by atoms with van der Waals surface area (Å²) in [7, 11) is -2.89. The van der Waals surface area contributed by atoms with Crippen LogP contribution in [0.4, 0.5) is 0 Å². The molecule has 19 heavy (non-hydrogen) atoms. The minimum absolute atomic E-state index is 0.421. The van der Waals surface area contributed by atoms with Crippen LogP contribution in [0, 0.1) is 13.8 Å².